The van der Waals surface area contributed by atoms with E-state index in [1.54, 1.807) is 11.8 Å². The highest BCUT2D eigenvalue weighted by Crippen LogP contribution is 2.17. The van der Waals surface area contributed by atoms with E-state index in [2.05, 4.69) is 17.2 Å². The topological polar surface area (TPSA) is 50.7 Å². The van der Waals surface area contributed by atoms with Crippen LogP contribution < -0.4 is 5.32 Å². The minimum absolute atomic E-state index is 0.191. The van der Waals surface area contributed by atoms with Gasteiger partial charge in [0.15, 0.2) is 5.17 Å². The van der Waals surface area contributed by atoms with Gasteiger partial charge in [0.1, 0.15) is 6.04 Å². The molecule has 0 bridgehead atoms. The molecule has 0 saturated heterocycles. The minimum Gasteiger partial charge on any atom is -0.467 e. The van der Waals surface area contributed by atoms with E-state index in [1.807, 2.05) is 13.8 Å². The van der Waals surface area contributed by atoms with Gasteiger partial charge in [-0.25, -0.2) is 4.79 Å². The third-order valence-electron chi connectivity index (χ3n) is 2.20. The van der Waals surface area contributed by atoms with Crippen molar-refractivity contribution in [3.8, 4) is 0 Å². The average molecular weight is 230 g/mol. The molecule has 1 aliphatic rings. The molecule has 1 N–H and O–H groups in total. The van der Waals surface area contributed by atoms with Gasteiger partial charge < -0.3 is 10.1 Å². The van der Waals surface area contributed by atoms with Crippen molar-refractivity contribution in [3.63, 3.8) is 0 Å². The van der Waals surface area contributed by atoms with Gasteiger partial charge in [-0.2, -0.15) is 0 Å². The SMILES string of the molecule is COC(=O)C(NC1=NC(C)CS1)C(C)C. The molecule has 86 valence electrons. The Morgan fingerprint density at radius 3 is 2.73 bits per heavy atom. The van der Waals surface area contributed by atoms with Crippen molar-refractivity contribution in [1.82, 2.24) is 5.32 Å². The van der Waals surface area contributed by atoms with E-state index in [-0.39, 0.29) is 17.9 Å². The largest absolute Gasteiger partial charge is 0.467 e. The van der Waals surface area contributed by atoms with Crippen LogP contribution in [0.3, 0.4) is 0 Å². The van der Waals surface area contributed by atoms with Gasteiger partial charge in [0, 0.05) is 5.75 Å². The fraction of sp³-hybridized carbons (Fsp3) is 0.800. The van der Waals surface area contributed by atoms with Gasteiger partial charge in [0.05, 0.1) is 13.2 Å². The molecular weight excluding hydrogens is 212 g/mol. The maximum atomic E-state index is 11.5. The first-order valence-corrected chi connectivity index (χ1v) is 6.08. The number of thioether (sulfide) groups is 1. The summed E-state index contributed by atoms with van der Waals surface area (Å²) < 4.78 is 4.75. The molecule has 0 radical (unpaired) electrons. The molecule has 0 aromatic rings. The quantitative estimate of drug-likeness (QED) is 0.742. The van der Waals surface area contributed by atoms with Crippen LogP contribution in [0.1, 0.15) is 20.8 Å². The molecule has 0 aromatic heterocycles. The summed E-state index contributed by atoms with van der Waals surface area (Å²) in [6, 6.07) is 0.0366. The third-order valence-corrected chi connectivity index (χ3v) is 3.35. The molecule has 0 aliphatic carbocycles. The number of aliphatic imine (C=N–C) groups is 1. The molecule has 0 fully saturated rings. The maximum absolute atomic E-state index is 11.5. The van der Waals surface area contributed by atoms with Gasteiger partial charge in [0.25, 0.3) is 0 Å². The Bertz CT molecular complexity index is 266. The van der Waals surface area contributed by atoms with E-state index in [1.165, 1.54) is 7.11 Å². The Labute approximate surface area is 94.9 Å². The average Bonchev–Trinajstić information content (AvgIpc) is 2.59. The molecule has 0 amide bonds. The second kappa shape index (κ2) is 5.39. The van der Waals surface area contributed by atoms with Crippen molar-refractivity contribution in [2.45, 2.75) is 32.9 Å². The van der Waals surface area contributed by atoms with Crippen LogP contribution in [-0.4, -0.2) is 36.1 Å². The number of carbonyl (C=O) groups excluding carboxylic acids is 1. The molecule has 0 spiro atoms. The van der Waals surface area contributed by atoms with Crippen LogP contribution in [0.15, 0.2) is 4.99 Å². The van der Waals surface area contributed by atoms with Crippen molar-refractivity contribution in [2.75, 3.05) is 12.9 Å². The van der Waals surface area contributed by atoms with E-state index in [0.717, 1.165) is 10.9 Å². The third kappa shape index (κ3) is 3.41. The van der Waals surface area contributed by atoms with Crippen LogP contribution in [0, 0.1) is 5.92 Å². The number of carbonyl (C=O) groups is 1. The van der Waals surface area contributed by atoms with E-state index >= 15 is 0 Å². The second-order valence-electron chi connectivity index (χ2n) is 3.98. The summed E-state index contributed by atoms with van der Waals surface area (Å²) in [7, 11) is 1.41. The standard InChI is InChI=1S/C10H18N2O2S/c1-6(2)8(9(13)14-4)12-10-11-7(3)5-15-10/h6-8H,5H2,1-4H3,(H,11,12). The molecule has 0 aromatic carbocycles. The molecule has 15 heavy (non-hydrogen) atoms. The van der Waals surface area contributed by atoms with Crippen LogP contribution in [0.4, 0.5) is 0 Å². The van der Waals surface area contributed by atoms with Crippen LogP contribution in [-0.2, 0) is 9.53 Å². The lowest BCUT2D eigenvalue weighted by atomic mass is 10.1. The maximum Gasteiger partial charge on any atom is 0.328 e. The molecule has 1 rings (SSSR count). The molecule has 5 heteroatoms. The number of hydrogen-bond acceptors (Lipinski definition) is 5. The Morgan fingerprint density at radius 1 is 1.67 bits per heavy atom. The summed E-state index contributed by atoms with van der Waals surface area (Å²) in [5.74, 6) is 0.943. The van der Waals surface area contributed by atoms with Gasteiger partial charge in [-0.05, 0) is 12.8 Å². The number of ether oxygens (including phenoxy) is 1. The summed E-state index contributed by atoms with van der Waals surface area (Å²) in [5.41, 5.74) is 0. The summed E-state index contributed by atoms with van der Waals surface area (Å²) in [6.07, 6.45) is 0. The van der Waals surface area contributed by atoms with E-state index in [4.69, 9.17) is 4.74 Å². The zero-order valence-corrected chi connectivity index (χ0v) is 10.4. The number of methoxy groups -OCH3 is 1. The van der Waals surface area contributed by atoms with Crippen molar-refractivity contribution < 1.29 is 9.53 Å². The molecular formula is C10H18N2O2S. The van der Waals surface area contributed by atoms with E-state index < -0.39 is 0 Å². The first kappa shape index (κ1) is 12.4. The zero-order chi connectivity index (χ0) is 11.4. The normalized spacial score (nSPS) is 22.5. The Hall–Kier alpha value is -0.710. The van der Waals surface area contributed by atoms with Gasteiger partial charge in [-0.3, -0.25) is 4.99 Å². The first-order chi connectivity index (χ1) is 7.04. The van der Waals surface area contributed by atoms with Crippen LogP contribution in [0.25, 0.3) is 0 Å². The van der Waals surface area contributed by atoms with Gasteiger partial charge in [0.2, 0.25) is 0 Å². The van der Waals surface area contributed by atoms with Crippen molar-refractivity contribution in [3.05, 3.63) is 0 Å². The zero-order valence-electron chi connectivity index (χ0n) is 9.61. The van der Waals surface area contributed by atoms with Gasteiger partial charge in [-0.1, -0.05) is 25.6 Å². The summed E-state index contributed by atoms with van der Waals surface area (Å²) in [6.45, 7) is 6.03. The fourth-order valence-corrected chi connectivity index (χ4v) is 2.25. The highest BCUT2D eigenvalue weighted by Gasteiger charge is 2.26. The minimum atomic E-state index is -0.299. The highest BCUT2D eigenvalue weighted by atomic mass is 32.2. The lowest BCUT2D eigenvalue weighted by Gasteiger charge is -2.20. The number of hydrogen-bond donors (Lipinski definition) is 1. The molecule has 1 heterocycles. The predicted octanol–water partition coefficient (Wildman–Crippen LogP) is 1.26. The first-order valence-electron chi connectivity index (χ1n) is 5.09. The fourth-order valence-electron chi connectivity index (χ4n) is 1.31. The lowest BCUT2D eigenvalue weighted by Crippen LogP contribution is -2.43. The smallest absolute Gasteiger partial charge is 0.328 e. The van der Waals surface area contributed by atoms with Gasteiger partial charge in [-0.15, -0.1) is 0 Å². The molecule has 2 atom stereocenters. The molecule has 0 saturated carbocycles. The number of nitrogens with one attached hydrogen (secondary N) is 1. The second-order valence-corrected chi connectivity index (χ2v) is 4.99. The molecule has 2 unspecified atom stereocenters. The van der Waals surface area contributed by atoms with Crippen molar-refractivity contribution in [2.24, 2.45) is 10.9 Å². The lowest BCUT2D eigenvalue weighted by molar-refractivity contribution is -0.143. The Kier molecular flexibility index (Phi) is 4.45. The van der Waals surface area contributed by atoms with Crippen molar-refractivity contribution in [1.29, 1.82) is 0 Å². The van der Waals surface area contributed by atoms with Crippen LogP contribution in [0.5, 0.6) is 0 Å². The number of amidine groups is 1. The monoisotopic (exact) mass is 230 g/mol. The summed E-state index contributed by atoms with van der Waals surface area (Å²) in [4.78, 5) is 15.9. The Balaban J connectivity index is 2.59. The van der Waals surface area contributed by atoms with Crippen LogP contribution >= 0.6 is 11.8 Å². The summed E-state index contributed by atoms with van der Waals surface area (Å²) in [5, 5.41) is 3.99. The Morgan fingerprint density at radius 2 is 2.33 bits per heavy atom. The predicted molar refractivity (Wildman–Crippen MR) is 63.1 cm³/mol. The van der Waals surface area contributed by atoms with E-state index in [0.29, 0.717) is 6.04 Å². The van der Waals surface area contributed by atoms with Crippen LogP contribution in [0.2, 0.25) is 0 Å². The van der Waals surface area contributed by atoms with Crippen molar-refractivity contribution >= 4 is 22.9 Å². The highest BCUT2D eigenvalue weighted by molar-refractivity contribution is 8.14. The molecule has 4 nitrogen and oxygen atoms in total. The number of rotatable bonds is 3. The molecule has 1 aliphatic heterocycles. The van der Waals surface area contributed by atoms with Gasteiger partial charge >= 0.3 is 5.97 Å². The summed E-state index contributed by atoms with van der Waals surface area (Å²) >= 11 is 1.66. The number of esters is 1. The number of nitrogens with zero attached hydrogens (tertiary/aromatic N) is 1. The van der Waals surface area contributed by atoms with E-state index in [9.17, 15) is 4.79 Å².